The first-order chi connectivity index (χ1) is 8.47. The van der Waals surface area contributed by atoms with Crippen LogP contribution in [0.15, 0.2) is 18.2 Å². The van der Waals surface area contributed by atoms with Crippen LogP contribution in [-0.4, -0.2) is 18.5 Å². The Labute approximate surface area is 110 Å². The lowest BCUT2D eigenvalue weighted by Crippen LogP contribution is -2.40. The predicted octanol–water partition coefficient (Wildman–Crippen LogP) is 2.41. The second kappa shape index (κ2) is 6.55. The Balaban J connectivity index is 2.87. The Morgan fingerprint density at radius 2 is 1.83 bits per heavy atom. The van der Waals surface area contributed by atoms with Crippen LogP contribution in [0, 0.1) is 19.8 Å². The summed E-state index contributed by atoms with van der Waals surface area (Å²) >= 11 is 0. The highest BCUT2D eigenvalue weighted by atomic mass is 16.1. The molecule has 1 unspecified atom stereocenters. The number of benzene rings is 1. The molecule has 0 aliphatic heterocycles. The molecule has 3 N–H and O–H groups in total. The summed E-state index contributed by atoms with van der Waals surface area (Å²) in [6.45, 7) is 8.73. The van der Waals surface area contributed by atoms with Gasteiger partial charge < -0.3 is 11.1 Å². The summed E-state index contributed by atoms with van der Waals surface area (Å²) in [4.78, 5) is 12.3. The van der Waals surface area contributed by atoms with Gasteiger partial charge >= 0.3 is 0 Å². The van der Waals surface area contributed by atoms with Gasteiger partial charge in [0, 0.05) is 11.6 Å². The molecule has 0 fully saturated rings. The maximum atomic E-state index is 12.3. The monoisotopic (exact) mass is 248 g/mol. The molecule has 0 spiro atoms. The van der Waals surface area contributed by atoms with Gasteiger partial charge in [-0.15, -0.1) is 0 Å². The normalized spacial score (nSPS) is 12.6. The van der Waals surface area contributed by atoms with E-state index in [9.17, 15) is 4.79 Å². The van der Waals surface area contributed by atoms with Crippen molar-refractivity contribution in [2.75, 3.05) is 6.54 Å². The molecule has 0 saturated heterocycles. The zero-order chi connectivity index (χ0) is 13.7. The number of amides is 1. The summed E-state index contributed by atoms with van der Waals surface area (Å²) in [6, 6.07) is 6.05. The standard InChI is InChI=1S/C15H24N2O/c1-10(2)13(8-9-16)17-15(18)14-11(3)6-5-7-12(14)4/h5-7,10,13H,8-9,16H2,1-4H3,(H,17,18). The van der Waals surface area contributed by atoms with Crippen molar-refractivity contribution in [2.24, 2.45) is 11.7 Å². The molecule has 18 heavy (non-hydrogen) atoms. The maximum Gasteiger partial charge on any atom is 0.252 e. The van der Waals surface area contributed by atoms with Crippen molar-refractivity contribution in [3.05, 3.63) is 34.9 Å². The van der Waals surface area contributed by atoms with Gasteiger partial charge in [-0.3, -0.25) is 4.79 Å². The summed E-state index contributed by atoms with van der Waals surface area (Å²) in [5.74, 6) is 0.402. The van der Waals surface area contributed by atoms with E-state index < -0.39 is 0 Å². The Morgan fingerprint density at radius 3 is 2.28 bits per heavy atom. The fourth-order valence-electron chi connectivity index (χ4n) is 2.16. The van der Waals surface area contributed by atoms with E-state index in [-0.39, 0.29) is 11.9 Å². The van der Waals surface area contributed by atoms with Crippen molar-refractivity contribution < 1.29 is 4.79 Å². The van der Waals surface area contributed by atoms with Gasteiger partial charge in [-0.2, -0.15) is 0 Å². The molecule has 3 heteroatoms. The van der Waals surface area contributed by atoms with Gasteiger partial charge in [0.15, 0.2) is 0 Å². The number of nitrogens with two attached hydrogens (primary N) is 1. The van der Waals surface area contributed by atoms with Crippen molar-refractivity contribution in [1.29, 1.82) is 0 Å². The summed E-state index contributed by atoms with van der Waals surface area (Å²) in [7, 11) is 0. The molecule has 0 aromatic heterocycles. The van der Waals surface area contributed by atoms with Crippen LogP contribution < -0.4 is 11.1 Å². The third-order valence-corrected chi connectivity index (χ3v) is 3.31. The second-order valence-electron chi connectivity index (χ2n) is 5.17. The van der Waals surface area contributed by atoms with Gasteiger partial charge in [0.25, 0.3) is 5.91 Å². The molecule has 0 aliphatic rings. The van der Waals surface area contributed by atoms with Gasteiger partial charge in [0.2, 0.25) is 0 Å². The second-order valence-corrected chi connectivity index (χ2v) is 5.17. The van der Waals surface area contributed by atoms with Crippen molar-refractivity contribution >= 4 is 5.91 Å². The number of carbonyl (C=O) groups excluding carboxylic acids is 1. The highest BCUT2D eigenvalue weighted by Crippen LogP contribution is 2.14. The van der Waals surface area contributed by atoms with Crippen LogP contribution in [0.3, 0.4) is 0 Å². The van der Waals surface area contributed by atoms with E-state index in [4.69, 9.17) is 5.73 Å². The molecular formula is C15H24N2O. The van der Waals surface area contributed by atoms with Crippen LogP contribution in [0.2, 0.25) is 0 Å². The molecule has 0 bridgehead atoms. The average molecular weight is 248 g/mol. The Bertz CT molecular complexity index is 393. The predicted molar refractivity (Wildman–Crippen MR) is 75.7 cm³/mol. The van der Waals surface area contributed by atoms with Crippen molar-refractivity contribution in [1.82, 2.24) is 5.32 Å². The van der Waals surface area contributed by atoms with E-state index in [0.29, 0.717) is 12.5 Å². The first-order valence-electron chi connectivity index (χ1n) is 6.54. The van der Waals surface area contributed by atoms with Crippen molar-refractivity contribution in [3.63, 3.8) is 0 Å². The Morgan fingerprint density at radius 1 is 1.28 bits per heavy atom. The van der Waals surface area contributed by atoms with Crippen molar-refractivity contribution in [3.8, 4) is 0 Å². The van der Waals surface area contributed by atoms with Crippen LogP contribution in [0.25, 0.3) is 0 Å². The van der Waals surface area contributed by atoms with E-state index in [1.165, 1.54) is 0 Å². The number of aryl methyl sites for hydroxylation is 2. The third-order valence-electron chi connectivity index (χ3n) is 3.31. The minimum Gasteiger partial charge on any atom is -0.349 e. The van der Waals surface area contributed by atoms with Crippen LogP contribution in [-0.2, 0) is 0 Å². The SMILES string of the molecule is Cc1cccc(C)c1C(=O)NC(CCN)C(C)C. The molecule has 1 atom stereocenters. The number of hydrogen-bond acceptors (Lipinski definition) is 2. The van der Waals surface area contributed by atoms with Crippen LogP contribution in [0.4, 0.5) is 0 Å². The molecule has 1 aromatic carbocycles. The van der Waals surface area contributed by atoms with E-state index in [1.54, 1.807) is 0 Å². The first kappa shape index (κ1) is 14.7. The number of nitrogens with one attached hydrogen (secondary N) is 1. The number of carbonyl (C=O) groups is 1. The summed E-state index contributed by atoms with van der Waals surface area (Å²) < 4.78 is 0. The van der Waals surface area contributed by atoms with Crippen LogP contribution in [0.5, 0.6) is 0 Å². The molecule has 100 valence electrons. The molecule has 0 radical (unpaired) electrons. The van der Waals surface area contributed by atoms with Gasteiger partial charge in [-0.25, -0.2) is 0 Å². The zero-order valence-electron chi connectivity index (χ0n) is 11.8. The molecule has 0 aliphatic carbocycles. The maximum absolute atomic E-state index is 12.3. The summed E-state index contributed by atoms with van der Waals surface area (Å²) in [5, 5.41) is 3.10. The van der Waals surface area contributed by atoms with Gasteiger partial charge in [-0.05, 0) is 43.9 Å². The first-order valence-corrected chi connectivity index (χ1v) is 6.54. The zero-order valence-corrected chi connectivity index (χ0v) is 11.8. The minimum atomic E-state index is 0.0118. The van der Waals surface area contributed by atoms with Crippen LogP contribution in [0.1, 0.15) is 41.8 Å². The lowest BCUT2D eigenvalue weighted by Gasteiger charge is -2.22. The lowest BCUT2D eigenvalue weighted by molar-refractivity contribution is 0.0923. The largest absolute Gasteiger partial charge is 0.349 e. The van der Waals surface area contributed by atoms with E-state index in [1.807, 2.05) is 32.0 Å². The van der Waals surface area contributed by atoms with Gasteiger partial charge in [0.05, 0.1) is 0 Å². The summed E-state index contributed by atoms with van der Waals surface area (Å²) in [6.07, 6.45) is 0.814. The molecule has 1 rings (SSSR count). The number of hydrogen-bond donors (Lipinski definition) is 2. The van der Waals surface area contributed by atoms with E-state index in [2.05, 4.69) is 19.2 Å². The smallest absolute Gasteiger partial charge is 0.252 e. The van der Waals surface area contributed by atoms with Crippen molar-refractivity contribution in [2.45, 2.75) is 40.2 Å². The molecule has 1 amide bonds. The molecule has 1 aromatic rings. The highest BCUT2D eigenvalue weighted by molar-refractivity contribution is 5.97. The molecule has 0 saturated carbocycles. The lowest BCUT2D eigenvalue weighted by atomic mass is 9.98. The van der Waals surface area contributed by atoms with E-state index >= 15 is 0 Å². The topological polar surface area (TPSA) is 55.1 Å². The minimum absolute atomic E-state index is 0.0118. The van der Waals surface area contributed by atoms with Gasteiger partial charge in [0.1, 0.15) is 0 Å². The van der Waals surface area contributed by atoms with Gasteiger partial charge in [-0.1, -0.05) is 32.0 Å². The third kappa shape index (κ3) is 3.57. The quantitative estimate of drug-likeness (QED) is 0.840. The highest BCUT2D eigenvalue weighted by Gasteiger charge is 2.18. The Hall–Kier alpha value is -1.35. The fourth-order valence-corrected chi connectivity index (χ4v) is 2.16. The van der Waals surface area contributed by atoms with Crippen LogP contribution >= 0.6 is 0 Å². The molecule has 3 nitrogen and oxygen atoms in total. The average Bonchev–Trinajstić information content (AvgIpc) is 2.28. The fraction of sp³-hybridized carbons (Fsp3) is 0.533. The molecule has 0 heterocycles. The summed E-state index contributed by atoms with van der Waals surface area (Å²) in [5.41, 5.74) is 8.41. The Kier molecular flexibility index (Phi) is 5.35. The molecular weight excluding hydrogens is 224 g/mol. The van der Waals surface area contributed by atoms with E-state index in [0.717, 1.165) is 23.1 Å². The number of rotatable bonds is 5.